The first-order valence-electron chi connectivity index (χ1n) is 5.62. The highest BCUT2D eigenvalue weighted by Gasteiger charge is 2.09. The number of hydrogen-bond acceptors (Lipinski definition) is 5. The summed E-state index contributed by atoms with van der Waals surface area (Å²) in [6, 6.07) is 13.0. The van der Waals surface area contributed by atoms with E-state index < -0.39 is 5.91 Å². The Bertz CT molecular complexity index is 755. The van der Waals surface area contributed by atoms with Crippen molar-refractivity contribution in [2.75, 3.05) is 11.1 Å². The number of amides is 1. The zero-order valence-corrected chi connectivity index (χ0v) is 10.3. The van der Waals surface area contributed by atoms with Crippen molar-refractivity contribution in [1.82, 2.24) is 4.98 Å². The first kappa shape index (κ1) is 13.1. The third kappa shape index (κ3) is 2.71. The Morgan fingerprint density at radius 1 is 1.15 bits per heavy atom. The summed E-state index contributed by atoms with van der Waals surface area (Å²) in [5.74, 6) is -0.193. The van der Waals surface area contributed by atoms with E-state index >= 15 is 0 Å². The van der Waals surface area contributed by atoms with Crippen LogP contribution in [0.15, 0.2) is 36.4 Å². The molecule has 1 aromatic carbocycles. The number of rotatable bonds is 2. The van der Waals surface area contributed by atoms with E-state index in [4.69, 9.17) is 16.3 Å². The Labute approximate surface area is 115 Å². The number of nitrogen functional groups attached to an aromatic ring is 1. The van der Waals surface area contributed by atoms with E-state index in [0.29, 0.717) is 5.69 Å². The Hall–Kier alpha value is -3.38. The lowest BCUT2D eigenvalue weighted by atomic mass is 10.1. The lowest BCUT2D eigenvalue weighted by Gasteiger charge is -2.06. The van der Waals surface area contributed by atoms with E-state index in [1.165, 1.54) is 18.2 Å². The number of carbonyl (C=O) groups excluding carboxylic acids is 1. The average molecular weight is 263 g/mol. The molecular formula is C14H9N5O. The second-order valence-corrected chi connectivity index (χ2v) is 3.89. The quantitative estimate of drug-likeness (QED) is 0.854. The molecule has 1 heterocycles. The van der Waals surface area contributed by atoms with Gasteiger partial charge in [0.2, 0.25) is 0 Å². The molecule has 6 nitrogen and oxygen atoms in total. The maximum Gasteiger partial charge on any atom is 0.274 e. The number of nitrogens with two attached hydrogens (primary N) is 1. The van der Waals surface area contributed by atoms with Crippen LogP contribution in [-0.2, 0) is 0 Å². The van der Waals surface area contributed by atoms with Crippen molar-refractivity contribution in [1.29, 1.82) is 10.5 Å². The number of hydrogen-bond donors (Lipinski definition) is 2. The van der Waals surface area contributed by atoms with Crippen molar-refractivity contribution in [2.24, 2.45) is 0 Å². The Morgan fingerprint density at radius 3 is 2.55 bits per heavy atom. The molecule has 1 amide bonds. The molecule has 0 aliphatic heterocycles. The van der Waals surface area contributed by atoms with Gasteiger partial charge in [-0.3, -0.25) is 4.79 Å². The summed E-state index contributed by atoms with van der Waals surface area (Å²) < 4.78 is 0. The topological polar surface area (TPSA) is 116 Å². The maximum absolute atomic E-state index is 11.9. The molecule has 2 aromatic rings. The van der Waals surface area contributed by atoms with Gasteiger partial charge < -0.3 is 11.1 Å². The van der Waals surface area contributed by atoms with Gasteiger partial charge in [0.1, 0.15) is 23.7 Å². The molecule has 0 radical (unpaired) electrons. The zero-order chi connectivity index (χ0) is 14.5. The van der Waals surface area contributed by atoms with Gasteiger partial charge in [-0.05, 0) is 30.3 Å². The Kier molecular flexibility index (Phi) is 3.60. The molecule has 96 valence electrons. The number of benzene rings is 1. The highest BCUT2D eigenvalue weighted by Crippen LogP contribution is 2.15. The van der Waals surface area contributed by atoms with Crippen LogP contribution in [0, 0.1) is 22.7 Å². The largest absolute Gasteiger partial charge is 0.384 e. The zero-order valence-electron chi connectivity index (χ0n) is 10.3. The third-order valence-electron chi connectivity index (χ3n) is 2.52. The van der Waals surface area contributed by atoms with Gasteiger partial charge in [-0.2, -0.15) is 10.5 Å². The summed E-state index contributed by atoms with van der Waals surface area (Å²) >= 11 is 0. The molecule has 0 spiro atoms. The second-order valence-electron chi connectivity index (χ2n) is 3.89. The fourth-order valence-electron chi connectivity index (χ4n) is 1.59. The van der Waals surface area contributed by atoms with Crippen molar-refractivity contribution in [2.45, 2.75) is 0 Å². The van der Waals surface area contributed by atoms with Crippen molar-refractivity contribution in [3.8, 4) is 12.1 Å². The first-order valence-corrected chi connectivity index (χ1v) is 5.62. The van der Waals surface area contributed by atoms with Crippen molar-refractivity contribution in [3.63, 3.8) is 0 Å². The summed E-state index contributed by atoms with van der Waals surface area (Å²) in [7, 11) is 0. The van der Waals surface area contributed by atoms with Crippen LogP contribution < -0.4 is 11.1 Å². The van der Waals surface area contributed by atoms with Crippen LogP contribution in [0.4, 0.5) is 11.5 Å². The average Bonchev–Trinajstić information content (AvgIpc) is 2.47. The molecule has 0 unspecified atom stereocenters. The molecule has 0 atom stereocenters. The van der Waals surface area contributed by atoms with Crippen LogP contribution in [0.5, 0.6) is 0 Å². The van der Waals surface area contributed by atoms with Gasteiger partial charge >= 0.3 is 0 Å². The molecule has 2 rings (SSSR count). The van der Waals surface area contributed by atoms with Gasteiger partial charge in [0.25, 0.3) is 5.91 Å². The van der Waals surface area contributed by atoms with Gasteiger partial charge in [-0.25, -0.2) is 4.98 Å². The van der Waals surface area contributed by atoms with E-state index in [0.717, 1.165) is 0 Å². The van der Waals surface area contributed by atoms with Gasteiger partial charge in [0.05, 0.1) is 11.1 Å². The lowest BCUT2D eigenvalue weighted by molar-refractivity contribution is 0.102. The van der Waals surface area contributed by atoms with Gasteiger partial charge in [-0.15, -0.1) is 0 Å². The van der Waals surface area contributed by atoms with Gasteiger partial charge in [0.15, 0.2) is 0 Å². The van der Waals surface area contributed by atoms with Crippen molar-refractivity contribution < 1.29 is 4.79 Å². The standard InChI is InChI=1S/C14H9N5O/c15-7-9-4-5-11(6-10(9)8-16)18-14(20)12-2-1-3-13(17)19-12/h1-6H,(H2,17,19)(H,18,20). The summed E-state index contributed by atoms with van der Waals surface area (Å²) in [5, 5.41) is 20.3. The van der Waals surface area contributed by atoms with E-state index in [-0.39, 0.29) is 22.6 Å². The van der Waals surface area contributed by atoms with Crippen LogP contribution >= 0.6 is 0 Å². The number of pyridine rings is 1. The minimum atomic E-state index is -0.439. The fourth-order valence-corrected chi connectivity index (χ4v) is 1.59. The second kappa shape index (κ2) is 5.51. The number of carbonyl (C=O) groups is 1. The van der Waals surface area contributed by atoms with E-state index in [1.807, 2.05) is 12.1 Å². The maximum atomic E-state index is 11.9. The summed E-state index contributed by atoms with van der Waals surface area (Å²) in [6.45, 7) is 0. The van der Waals surface area contributed by atoms with E-state index in [1.54, 1.807) is 18.2 Å². The number of anilines is 2. The summed E-state index contributed by atoms with van der Waals surface area (Å²) in [5.41, 5.74) is 6.55. The normalized spacial score (nSPS) is 9.30. The molecule has 1 aromatic heterocycles. The highest BCUT2D eigenvalue weighted by molar-refractivity contribution is 6.03. The molecule has 0 saturated carbocycles. The van der Waals surface area contributed by atoms with Crippen LogP contribution in [0.2, 0.25) is 0 Å². The molecular weight excluding hydrogens is 254 g/mol. The summed E-state index contributed by atoms with van der Waals surface area (Å²) in [4.78, 5) is 15.8. The molecule has 3 N–H and O–H groups in total. The van der Waals surface area contributed by atoms with E-state index in [2.05, 4.69) is 10.3 Å². The van der Waals surface area contributed by atoms with E-state index in [9.17, 15) is 4.79 Å². The Balaban J connectivity index is 2.25. The number of nitrogens with zero attached hydrogens (tertiary/aromatic N) is 3. The van der Waals surface area contributed by atoms with Crippen LogP contribution in [0.3, 0.4) is 0 Å². The predicted molar refractivity (Wildman–Crippen MR) is 72.5 cm³/mol. The van der Waals surface area contributed by atoms with Gasteiger partial charge in [-0.1, -0.05) is 6.07 Å². The number of aromatic nitrogens is 1. The first-order chi connectivity index (χ1) is 9.63. The summed E-state index contributed by atoms with van der Waals surface area (Å²) in [6.07, 6.45) is 0. The van der Waals surface area contributed by atoms with Crippen molar-refractivity contribution >= 4 is 17.4 Å². The number of nitriles is 2. The highest BCUT2D eigenvalue weighted by atomic mass is 16.1. The Morgan fingerprint density at radius 2 is 1.90 bits per heavy atom. The monoisotopic (exact) mass is 263 g/mol. The van der Waals surface area contributed by atoms with Crippen LogP contribution in [0.25, 0.3) is 0 Å². The van der Waals surface area contributed by atoms with Crippen LogP contribution in [0.1, 0.15) is 21.6 Å². The van der Waals surface area contributed by atoms with Crippen molar-refractivity contribution in [3.05, 3.63) is 53.2 Å². The molecule has 0 aliphatic carbocycles. The number of nitrogens with one attached hydrogen (secondary N) is 1. The lowest BCUT2D eigenvalue weighted by Crippen LogP contribution is -2.14. The molecule has 6 heteroatoms. The third-order valence-corrected chi connectivity index (χ3v) is 2.52. The SMILES string of the molecule is N#Cc1ccc(NC(=O)c2cccc(N)n2)cc1C#N. The van der Waals surface area contributed by atoms with Crippen LogP contribution in [-0.4, -0.2) is 10.9 Å². The minimum absolute atomic E-state index is 0.174. The fraction of sp³-hybridized carbons (Fsp3) is 0. The van der Waals surface area contributed by atoms with Gasteiger partial charge in [0, 0.05) is 5.69 Å². The molecule has 0 fully saturated rings. The smallest absolute Gasteiger partial charge is 0.274 e. The predicted octanol–water partition coefficient (Wildman–Crippen LogP) is 1.66. The molecule has 0 bridgehead atoms. The molecule has 20 heavy (non-hydrogen) atoms. The molecule has 0 aliphatic rings. The molecule has 0 saturated heterocycles. The minimum Gasteiger partial charge on any atom is -0.384 e.